The number of benzene rings is 1. The summed E-state index contributed by atoms with van der Waals surface area (Å²) in [6, 6.07) is 2.16. The molecule has 1 aromatic carbocycles. The van der Waals surface area contributed by atoms with Gasteiger partial charge in [-0.1, -0.05) is 0 Å². The molecule has 1 heterocycles. The first-order valence-electron chi connectivity index (χ1n) is 6.90. The van der Waals surface area contributed by atoms with Crippen molar-refractivity contribution in [3.05, 3.63) is 32.5 Å². The zero-order valence-corrected chi connectivity index (χ0v) is 15.1. The molecule has 8 heteroatoms. The molecule has 0 fully saturated rings. The smallest absolute Gasteiger partial charge is 0.338 e. The maximum atomic E-state index is 12.3. The van der Waals surface area contributed by atoms with Gasteiger partial charge in [0.1, 0.15) is 0 Å². The number of rotatable bonds is 4. The number of methoxy groups -OCH3 is 1. The van der Waals surface area contributed by atoms with E-state index >= 15 is 0 Å². The predicted octanol–water partition coefficient (Wildman–Crippen LogP) is 2.20. The Kier molecular flexibility index (Phi) is 5.34. The van der Waals surface area contributed by atoms with Crippen LogP contribution in [0.4, 0.5) is 4.79 Å². The van der Waals surface area contributed by atoms with Gasteiger partial charge in [-0.25, -0.2) is 9.59 Å². The van der Waals surface area contributed by atoms with E-state index in [1.807, 2.05) is 22.6 Å². The van der Waals surface area contributed by atoms with Crippen LogP contribution in [0.3, 0.4) is 0 Å². The highest BCUT2D eigenvalue weighted by Crippen LogP contribution is 2.37. The van der Waals surface area contributed by atoms with E-state index in [1.165, 1.54) is 7.11 Å². The summed E-state index contributed by atoms with van der Waals surface area (Å²) in [5.74, 6) is -0.236. The summed E-state index contributed by atoms with van der Waals surface area (Å²) in [4.78, 5) is 24.0. The van der Waals surface area contributed by atoms with E-state index in [0.717, 1.165) is 0 Å². The van der Waals surface area contributed by atoms with Gasteiger partial charge in [-0.15, -0.1) is 0 Å². The molecule has 0 bridgehead atoms. The van der Waals surface area contributed by atoms with Crippen molar-refractivity contribution in [1.29, 1.82) is 0 Å². The molecule has 0 saturated carbocycles. The van der Waals surface area contributed by atoms with Gasteiger partial charge in [0.25, 0.3) is 0 Å². The lowest BCUT2D eigenvalue weighted by Gasteiger charge is -2.28. The van der Waals surface area contributed by atoms with E-state index in [-0.39, 0.29) is 18.1 Å². The number of esters is 1. The Labute approximate surface area is 147 Å². The number of phenolic OH excluding ortho intramolecular Hbond substituents is 1. The summed E-state index contributed by atoms with van der Waals surface area (Å²) < 4.78 is 10.8. The zero-order chi connectivity index (χ0) is 17.1. The number of ether oxygens (including phenoxy) is 2. The van der Waals surface area contributed by atoms with E-state index in [1.54, 1.807) is 26.0 Å². The largest absolute Gasteiger partial charge is 0.504 e. The Morgan fingerprint density at radius 3 is 2.74 bits per heavy atom. The van der Waals surface area contributed by atoms with Gasteiger partial charge in [-0.3, -0.25) is 0 Å². The van der Waals surface area contributed by atoms with Crippen LogP contribution < -0.4 is 15.4 Å². The van der Waals surface area contributed by atoms with Gasteiger partial charge in [0.2, 0.25) is 0 Å². The monoisotopic (exact) mass is 432 g/mol. The van der Waals surface area contributed by atoms with Crippen LogP contribution in [0.2, 0.25) is 0 Å². The van der Waals surface area contributed by atoms with Crippen LogP contribution >= 0.6 is 22.6 Å². The number of halogens is 1. The minimum Gasteiger partial charge on any atom is -0.504 e. The third-order valence-corrected chi connectivity index (χ3v) is 4.19. The highest BCUT2D eigenvalue weighted by Gasteiger charge is 2.33. The molecule has 7 nitrogen and oxygen atoms in total. The van der Waals surface area contributed by atoms with Crippen molar-refractivity contribution >= 4 is 34.6 Å². The summed E-state index contributed by atoms with van der Waals surface area (Å²) in [7, 11) is 1.43. The average Bonchev–Trinajstić information content (AvgIpc) is 2.49. The fourth-order valence-corrected chi connectivity index (χ4v) is 2.96. The first-order valence-corrected chi connectivity index (χ1v) is 7.98. The van der Waals surface area contributed by atoms with E-state index in [0.29, 0.717) is 20.4 Å². The lowest BCUT2D eigenvalue weighted by Crippen LogP contribution is -2.45. The molecular formula is C15H17IN2O5. The molecule has 0 unspecified atom stereocenters. The van der Waals surface area contributed by atoms with Crippen LogP contribution in [0.25, 0.3) is 0 Å². The van der Waals surface area contributed by atoms with Gasteiger partial charge in [0.05, 0.1) is 28.9 Å². The number of hydrogen-bond donors (Lipinski definition) is 3. The Bertz CT molecular complexity index is 687. The SMILES string of the molecule is CCOC(=O)C1=C(C)NC(=O)N[C@@H]1c1cc(I)c(O)c(OC)c1. The lowest BCUT2D eigenvalue weighted by molar-refractivity contribution is -0.139. The minimum absolute atomic E-state index is 0.00972. The maximum absolute atomic E-state index is 12.3. The van der Waals surface area contributed by atoms with E-state index < -0.39 is 18.0 Å². The third-order valence-electron chi connectivity index (χ3n) is 3.37. The molecule has 23 heavy (non-hydrogen) atoms. The summed E-state index contributed by atoms with van der Waals surface area (Å²) in [5, 5.41) is 15.2. The molecule has 0 aromatic heterocycles. The Morgan fingerprint density at radius 2 is 2.13 bits per heavy atom. The van der Waals surface area contributed by atoms with Crippen molar-refractivity contribution in [1.82, 2.24) is 10.6 Å². The molecule has 0 saturated heterocycles. The molecule has 124 valence electrons. The number of nitrogens with one attached hydrogen (secondary N) is 2. The molecule has 1 atom stereocenters. The first kappa shape index (κ1) is 17.4. The number of carbonyl (C=O) groups is 2. The second-order valence-corrected chi connectivity index (χ2v) is 6.01. The Balaban J connectivity index is 2.54. The first-order chi connectivity index (χ1) is 10.9. The average molecular weight is 432 g/mol. The van der Waals surface area contributed by atoms with Crippen molar-refractivity contribution in [2.45, 2.75) is 19.9 Å². The molecule has 3 N–H and O–H groups in total. The topological polar surface area (TPSA) is 96.9 Å². The predicted molar refractivity (Wildman–Crippen MR) is 91.1 cm³/mol. The number of aromatic hydroxyl groups is 1. The van der Waals surface area contributed by atoms with E-state index in [4.69, 9.17) is 9.47 Å². The molecule has 0 radical (unpaired) electrons. The van der Waals surface area contributed by atoms with Gasteiger partial charge in [0.15, 0.2) is 11.5 Å². The summed E-state index contributed by atoms with van der Waals surface area (Å²) in [6.45, 7) is 3.58. The quantitative estimate of drug-likeness (QED) is 0.501. The van der Waals surface area contributed by atoms with Crippen molar-refractivity contribution in [3.63, 3.8) is 0 Å². The van der Waals surface area contributed by atoms with Crippen LogP contribution in [0.1, 0.15) is 25.5 Å². The molecule has 2 rings (SSSR count). The van der Waals surface area contributed by atoms with Crippen molar-refractivity contribution < 1.29 is 24.2 Å². The summed E-state index contributed by atoms with van der Waals surface area (Å²) >= 11 is 1.96. The van der Waals surface area contributed by atoms with Crippen LogP contribution in [0.15, 0.2) is 23.4 Å². The summed E-state index contributed by atoms with van der Waals surface area (Å²) in [5.41, 5.74) is 1.36. The Morgan fingerprint density at radius 1 is 1.43 bits per heavy atom. The van der Waals surface area contributed by atoms with Crippen molar-refractivity contribution in [2.75, 3.05) is 13.7 Å². The van der Waals surface area contributed by atoms with E-state index in [2.05, 4.69) is 10.6 Å². The van der Waals surface area contributed by atoms with Crippen LogP contribution in [-0.4, -0.2) is 30.8 Å². The van der Waals surface area contributed by atoms with Crippen molar-refractivity contribution in [2.24, 2.45) is 0 Å². The molecule has 1 aliphatic rings. The second-order valence-electron chi connectivity index (χ2n) is 4.84. The molecule has 1 aliphatic heterocycles. The highest BCUT2D eigenvalue weighted by molar-refractivity contribution is 14.1. The second kappa shape index (κ2) is 7.07. The highest BCUT2D eigenvalue weighted by atomic mass is 127. The number of urea groups is 1. The lowest BCUT2D eigenvalue weighted by atomic mass is 9.95. The van der Waals surface area contributed by atoms with Gasteiger partial charge in [-0.2, -0.15) is 0 Å². The minimum atomic E-state index is -0.689. The third kappa shape index (κ3) is 3.52. The fraction of sp³-hybridized carbons (Fsp3) is 0.333. The van der Waals surface area contributed by atoms with Gasteiger partial charge in [0, 0.05) is 5.70 Å². The number of amides is 2. The molecular weight excluding hydrogens is 415 g/mol. The number of phenols is 1. The Hall–Kier alpha value is -1.97. The molecule has 0 aliphatic carbocycles. The van der Waals surface area contributed by atoms with Gasteiger partial charge < -0.3 is 25.2 Å². The fourth-order valence-electron chi connectivity index (χ4n) is 2.34. The number of hydrogen-bond acceptors (Lipinski definition) is 5. The zero-order valence-electron chi connectivity index (χ0n) is 12.9. The van der Waals surface area contributed by atoms with Crippen LogP contribution in [0.5, 0.6) is 11.5 Å². The van der Waals surface area contributed by atoms with Crippen molar-refractivity contribution in [3.8, 4) is 11.5 Å². The molecule has 2 amide bonds. The number of allylic oxidation sites excluding steroid dienone is 1. The number of carbonyl (C=O) groups excluding carboxylic acids is 2. The van der Waals surface area contributed by atoms with Gasteiger partial charge in [-0.05, 0) is 54.1 Å². The molecule has 0 spiro atoms. The van der Waals surface area contributed by atoms with E-state index in [9.17, 15) is 14.7 Å². The normalized spacial score (nSPS) is 17.4. The standard InChI is InChI=1S/C15H17IN2O5/c1-4-23-14(20)11-7(2)17-15(21)18-12(11)8-5-9(16)13(19)10(6-8)22-3/h5-6,12,19H,4H2,1-3H3,(H2,17,18,21)/t12-/m1/s1. The van der Waals surface area contributed by atoms with Crippen LogP contribution in [0, 0.1) is 3.57 Å². The molecule has 1 aromatic rings. The summed E-state index contributed by atoms with van der Waals surface area (Å²) in [6.07, 6.45) is 0. The van der Waals surface area contributed by atoms with Gasteiger partial charge >= 0.3 is 12.0 Å². The van der Waals surface area contributed by atoms with Crippen LogP contribution in [-0.2, 0) is 9.53 Å². The maximum Gasteiger partial charge on any atom is 0.338 e.